The molecule has 1 heterocycles. The van der Waals surface area contributed by atoms with Crippen LogP contribution in [0.25, 0.3) is 0 Å². The third-order valence-corrected chi connectivity index (χ3v) is 3.09. The van der Waals surface area contributed by atoms with Gasteiger partial charge in [-0.15, -0.1) is 24.0 Å². The molecule has 1 aliphatic heterocycles. The number of aliphatic imine (C=N–C) groups is 1. The lowest BCUT2D eigenvalue weighted by Crippen LogP contribution is -2.44. The van der Waals surface area contributed by atoms with Crippen LogP contribution in [0.2, 0.25) is 0 Å². The Labute approximate surface area is 123 Å². The van der Waals surface area contributed by atoms with Gasteiger partial charge >= 0.3 is 0 Å². The van der Waals surface area contributed by atoms with Crippen molar-refractivity contribution >= 4 is 29.9 Å². The quantitative estimate of drug-likeness (QED) is 0.569. The topological polar surface area (TPSA) is 36.4 Å². The molecule has 2 N–H and O–H groups in total. The standard InChI is InChI=1S/C13H27N3.HI/c1-4-5-6-8-13(2,3)11-16-12-14-9-7-10-15-12;/h4-11H2,1-3H3,(H2,14,15,16);1H. The Kier molecular flexibility index (Phi) is 9.00. The zero-order valence-corrected chi connectivity index (χ0v) is 13.8. The Balaban J connectivity index is 0.00000256. The molecule has 0 fully saturated rings. The molecular weight excluding hydrogens is 325 g/mol. The number of halogens is 1. The molecule has 1 aliphatic rings. The molecule has 17 heavy (non-hydrogen) atoms. The number of rotatable bonds is 6. The molecule has 0 atom stereocenters. The third kappa shape index (κ3) is 7.84. The van der Waals surface area contributed by atoms with Gasteiger partial charge in [-0.1, -0.05) is 40.0 Å². The van der Waals surface area contributed by atoms with Crippen LogP contribution < -0.4 is 10.6 Å². The lowest BCUT2D eigenvalue weighted by atomic mass is 9.87. The maximum absolute atomic E-state index is 4.42. The van der Waals surface area contributed by atoms with E-state index in [0.29, 0.717) is 5.41 Å². The van der Waals surface area contributed by atoms with Gasteiger partial charge < -0.3 is 10.6 Å². The average molecular weight is 353 g/mol. The molecule has 0 bridgehead atoms. The number of unbranched alkanes of at least 4 members (excludes halogenated alkanes) is 2. The van der Waals surface area contributed by atoms with Crippen molar-refractivity contribution in [2.24, 2.45) is 10.4 Å². The summed E-state index contributed by atoms with van der Waals surface area (Å²) in [5, 5.41) is 6.73. The molecule has 1 rings (SSSR count). The summed E-state index contributed by atoms with van der Waals surface area (Å²) >= 11 is 0. The van der Waals surface area contributed by atoms with Crippen LogP contribution in [-0.4, -0.2) is 25.6 Å². The van der Waals surface area contributed by atoms with E-state index >= 15 is 0 Å². The van der Waals surface area contributed by atoms with Gasteiger partial charge in [-0.2, -0.15) is 0 Å². The van der Waals surface area contributed by atoms with Crippen molar-refractivity contribution < 1.29 is 0 Å². The van der Waals surface area contributed by atoms with E-state index in [1.165, 1.54) is 25.7 Å². The molecule has 4 heteroatoms. The zero-order valence-electron chi connectivity index (χ0n) is 11.5. The van der Waals surface area contributed by atoms with Crippen molar-refractivity contribution in [2.75, 3.05) is 19.6 Å². The van der Waals surface area contributed by atoms with Crippen molar-refractivity contribution in [1.82, 2.24) is 10.6 Å². The second kappa shape index (κ2) is 9.00. The fourth-order valence-electron chi connectivity index (χ4n) is 1.92. The van der Waals surface area contributed by atoms with Crippen LogP contribution in [0.3, 0.4) is 0 Å². The number of nitrogens with zero attached hydrogens (tertiary/aromatic N) is 1. The lowest BCUT2D eigenvalue weighted by molar-refractivity contribution is 0.318. The second-order valence-electron chi connectivity index (χ2n) is 5.49. The normalized spacial score (nSPS) is 15.6. The van der Waals surface area contributed by atoms with Gasteiger partial charge in [-0.3, -0.25) is 4.99 Å². The molecule has 3 nitrogen and oxygen atoms in total. The van der Waals surface area contributed by atoms with Gasteiger partial charge in [0.1, 0.15) is 0 Å². The highest BCUT2D eigenvalue weighted by Gasteiger charge is 2.17. The molecule has 0 spiro atoms. The number of guanidine groups is 1. The smallest absolute Gasteiger partial charge is 0.191 e. The number of nitrogens with one attached hydrogen (secondary N) is 2. The van der Waals surface area contributed by atoms with Crippen molar-refractivity contribution in [3.8, 4) is 0 Å². The maximum atomic E-state index is 4.42. The number of hydrogen-bond acceptors (Lipinski definition) is 3. The fraction of sp³-hybridized carbons (Fsp3) is 0.923. The summed E-state index contributed by atoms with van der Waals surface area (Å²) in [7, 11) is 0. The average Bonchev–Trinajstić information content (AvgIpc) is 2.28. The van der Waals surface area contributed by atoms with Crippen LogP contribution in [0.15, 0.2) is 4.99 Å². The van der Waals surface area contributed by atoms with Gasteiger partial charge in [0.05, 0.1) is 0 Å². The highest BCUT2D eigenvalue weighted by molar-refractivity contribution is 14.0. The third-order valence-electron chi connectivity index (χ3n) is 3.09. The maximum Gasteiger partial charge on any atom is 0.191 e. The Hall–Kier alpha value is 0. The Morgan fingerprint density at radius 2 is 2.12 bits per heavy atom. The molecule has 0 radical (unpaired) electrons. The van der Waals surface area contributed by atoms with Crippen molar-refractivity contribution in [2.45, 2.75) is 52.9 Å². The number of hydrogen-bond donors (Lipinski definition) is 2. The van der Waals surface area contributed by atoms with Crippen LogP contribution in [0, 0.1) is 5.41 Å². The van der Waals surface area contributed by atoms with Gasteiger partial charge in [0, 0.05) is 19.6 Å². The molecule has 0 saturated heterocycles. The predicted octanol–water partition coefficient (Wildman–Crippen LogP) is 3.15. The highest BCUT2D eigenvalue weighted by atomic mass is 127. The molecular formula is C13H28IN3. The predicted molar refractivity (Wildman–Crippen MR) is 86.3 cm³/mol. The van der Waals surface area contributed by atoms with E-state index in [0.717, 1.165) is 32.0 Å². The summed E-state index contributed by atoms with van der Waals surface area (Å²) in [4.78, 5) is 4.42. The van der Waals surface area contributed by atoms with Gasteiger partial charge in [-0.25, -0.2) is 0 Å². The minimum Gasteiger partial charge on any atom is -0.356 e. The first-order valence-electron chi connectivity index (χ1n) is 6.66. The SMILES string of the molecule is CCCCCC(C)(C)CNC1=NCCCN1.I. The Morgan fingerprint density at radius 3 is 2.71 bits per heavy atom. The molecule has 0 saturated carbocycles. The van der Waals surface area contributed by atoms with E-state index in [1.54, 1.807) is 0 Å². The molecule has 0 aliphatic carbocycles. The lowest BCUT2D eigenvalue weighted by Gasteiger charge is -2.27. The Bertz CT molecular complexity index is 227. The van der Waals surface area contributed by atoms with Gasteiger partial charge in [0.15, 0.2) is 5.96 Å². The molecule has 0 aromatic heterocycles. The van der Waals surface area contributed by atoms with Gasteiger partial charge in [0.2, 0.25) is 0 Å². The molecule has 0 amide bonds. The van der Waals surface area contributed by atoms with E-state index in [4.69, 9.17) is 0 Å². The van der Waals surface area contributed by atoms with Crippen LogP contribution in [0.5, 0.6) is 0 Å². The van der Waals surface area contributed by atoms with Gasteiger partial charge in [0.25, 0.3) is 0 Å². The minimum absolute atomic E-state index is 0. The molecule has 0 aromatic rings. The van der Waals surface area contributed by atoms with Crippen molar-refractivity contribution in [1.29, 1.82) is 0 Å². The van der Waals surface area contributed by atoms with Crippen LogP contribution in [-0.2, 0) is 0 Å². The minimum atomic E-state index is 0. The zero-order chi connectivity index (χ0) is 11.9. The van der Waals surface area contributed by atoms with E-state index < -0.39 is 0 Å². The first kappa shape index (κ1) is 17.0. The van der Waals surface area contributed by atoms with Crippen LogP contribution >= 0.6 is 24.0 Å². The van der Waals surface area contributed by atoms with E-state index in [1.807, 2.05) is 0 Å². The van der Waals surface area contributed by atoms with E-state index in [2.05, 4.69) is 36.4 Å². The molecule has 0 aromatic carbocycles. The van der Waals surface area contributed by atoms with Crippen molar-refractivity contribution in [3.63, 3.8) is 0 Å². The van der Waals surface area contributed by atoms with E-state index in [9.17, 15) is 0 Å². The summed E-state index contributed by atoms with van der Waals surface area (Å²) < 4.78 is 0. The van der Waals surface area contributed by atoms with Crippen LogP contribution in [0.4, 0.5) is 0 Å². The van der Waals surface area contributed by atoms with E-state index in [-0.39, 0.29) is 24.0 Å². The molecule has 102 valence electrons. The molecule has 0 unspecified atom stereocenters. The summed E-state index contributed by atoms with van der Waals surface area (Å²) in [6, 6.07) is 0. The fourth-order valence-corrected chi connectivity index (χ4v) is 1.92. The summed E-state index contributed by atoms with van der Waals surface area (Å²) in [5.74, 6) is 0.995. The first-order valence-corrected chi connectivity index (χ1v) is 6.66. The largest absolute Gasteiger partial charge is 0.356 e. The monoisotopic (exact) mass is 353 g/mol. The summed E-state index contributed by atoms with van der Waals surface area (Å²) in [6.45, 7) is 9.96. The second-order valence-corrected chi connectivity index (χ2v) is 5.49. The van der Waals surface area contributed by atoms with Crippen molar-refractivity contribution in [3.05, 3.63) is 0 Å². The van der Waals surface area contributed by atoms with Crippen LogP contribution in [0.1, 0.15) is 52.9 Å². The highest BCUT2D eigenvalue weighted by Crippen LogP contribution is 2.22. The first-order chi connectivity index (χ1) is 7.64. The summed E-state index contributed by atoms with van der Waals surface area (Å²) in [5.41, 5.74) is 0.372. The van der Waals surface area contributed by atoms with Gasteiger partial charge in [-0.05, 0) is 18.3 Å². The Morgan fingerprint density at radius 1 is 1.35 bits per heavy atom. The summed E-state index contributed by atoms with van der Waals surface area (Å²) in [6.07, 6.45) is 6.44.